The maximum Gasteiger partial charge on any atom is 0.260 e. The molecule has 0 aromatic carbocycles. The summed E-state index contributed by atoms with van der Waals surface area (Å²) in [4.78, 5) is 0. The van der Waals surface area contributed by atoms with E-state index in [1.54, 1.807) is 13.0 Å². The Morgan fingerprint density at radius 3 is 2.45 bits per heavy atom. The molecule has 4 heteroatoms. The highest BCUT2D eigenvalue weighted by Gasteiger charge is 2.20. The van der Waals surface area contributed by atoms with Crippen molar-refractivity contribution >= 4 is 0 Å². The first-order chi connectivity index (χ1) is 5.11. The van der Waals surface area contributed by atoms with Gasteiger partial charge in [-0.25, -0.2) is 8.78 Å². The molecule has 62 valence electrons. The summed E-state index contributed by atoms with van der Waals surface area (Å²) in [5.74, 6) is 0.730. The number of nitrogens with two attached hydrogens (primary N) is 1. The lowest BCUT2D eigenvalue weighted by Crippen LogP contribution is -2.17. The van der Waals surface area contributed by atoms with Gasteiger partial charge in [-0.2, -0.15) is 0 Å². The van der Waals surface area contributed by atoms with E-state index in [4.69, 9.17) is 10.2 Å². The molecule has 0 fully saturated rings. The number of halogens is 2. The molecular weight excluding hydrogens is 152 g/mol. The van der Waals surface area contributed by atoms with Crippen molar-refractivity contribution in [1.29, 1.82) is 0 Å². The van der Waals surface area contributed by atoms with Gasteiger partial charge in [0.1, 0.15) is 17.6 Å². The summed E-state index contributed by atoms with van der Waals surface area (Å²) in [7, 11) is 0. The fraction of sp³-hybridized carbons (Fsp3) is 0.429. The second-order valence-electron chi connectivity index (χ2n) is 2.31. The third-order valence-corrected chi connectivity index (χ3v) is 1.36. The second-order valence-corrected chi connectivity index (χ2v) is 2.31. The fourth-order valence-electron chi connectivity index (χ4n) is 0.757. The Morgan fingerprint density at radius 2 is 2.09 bits per heavy atom. The summed E-state index contributed by atoms with van der Waals surface area (Å²) in [6.45, 7) is 1.68. The molecule has 0 saturated carbocycles. The van der Waals surface area contributed by atoms with Crippen LogP contribution in [0.1, 0.15) is 17.6 Å². The SMILES string of the molecule is Cc1ccc([C@H](N)C(F)F)o1. The van der Waals surface area contributed by atoms with Crippen LogP contribution in [-0.4, -0.2) is 6.43 Å². The first-order valence-electron chi connectivity index (χ1n) is 3.21. The topological polar surface area (TPSA) is 39.2 Å². The predicted molar refractivity (Wildman–Crippen MR) is 36.4 cm³/mol. The number of alkyl halides is 2. The summed E-state index contributed by atoms with van der Waals surface area (Å²) in [5, 5.41) is 0. The molecule has 0 aliphatic heterocycles. The molecule has 0 amide bonds. The number of aryl methyl sites for hydroxylation is 1. The average molecular weight is 161 g/mol. The third kappa shape index (κ3) is 1.77. The van der Waals surface area contributed by atoms with Gasteiger partial charge in [-0.1, -0.05) is 0 Å². The Kier molecular flexibility index (Phi) is 2.24. The largest absolute Gasteiger partial charge is 0.464 e. The van der Waals surface area contributed by atoms with Crippen LogP contribution in [0.3, 0.4) is 0 Å². The van der Waals surface area contributed by atoms with Crippen molar-refractivity contribution in [3.63, 3.8) is 0 Å². The monoisotopic (exact) mass is 161 g/mol. The zero-order valence-electron chi connectivity index (χ0n) is 6.05. The Morgan fingerprint density at radius 1 is 1.45 bits per heavy atom. The van der Waals surface area contributed by atoms with Crippen LogP contribution in [0, 0.1) is 6.92 Å². The molecule has 1 atom stereocenters. The molecular formula is C7H9F2NO. The van der Waals surface area contributed by atoms with Gasteiger partial charge in [-0.05, 0) is 19.1 Å². The van der Waals surface area contributed by atoms with Crippen molar-refractivity contribution in [2.24, 2.45) is 5.73 Å². The van der Waals surface area contributed by atoms with Crippen molar-refractivity contribution in [1.82, 2.24) is 0 Å². The van der Waals surface area contributed by atoms with Crippen molar-refractivity contribution in [3.8, 4) is 0 Å². The van der Waals surface area contributed by atoms with Gasteiger partial charge in [0, 0.05) is 0 Å². The smallest absolute Gasteiger partial charge is 0.260 e. The van der Waals surface area contributed by atoms with E-state index in [-0.39, 0.29) is 5.76 Å². The molecule has 2 N–H and O–H groups in total. The first-order valence-corrected chi connectivity index (χ1v) is 3.21. The number of furan rings is 1. The minimum Gasteiger partial charge on any atom is -0.464 e. The average Bonchev–Trinajstić information content (AvgIpc) is 2.34. The first kappa shape index (κ1) is 8.20. The molecule has 1 heterocycles. The van der Waals surface area contributed by atoms with Crippen LogP contribution in [-0.2, 0) is 0 Å². The van der Waals surface area contributed by atoms with Crippen molar-refractivity contribution in [2.75, 3.05) is 0 Å². The van der Waals surface area contributed by atoms with Gasteiger partial charge in [0.25, 0.3) is 6.43 Å². The second kappa shape index (κ2) is 3.00. The molecule has 0 saturated heterocycles. The highest BCUT2D eigenvalue weighted by Crippen LogP contribution is 2.19. The van der Waals surface area contributed by atoms with Crippen molar-refractivity contribution in [2.45, 2.75) is 19.4 Å². The van der Waals surface area contributed by atoms with E-state index in [2.05, 4.69) is 0 Å². The van der Waals surface area contributed by atoms with Crippen LogP contribution >= 0.6 is 0 Å². The molecule has 0 aliphatic carbocycles. The maximum absolute atomic E-state index is 11.9. The zero-order chi connectivity index (χ0) is 8.43. The molecule has 1 rings (SSSR count). The summed E-state index contributed by atoms with van der Waals surface area (Å²) < 4.78 is 28.8. The molecule has 0 spiro atoms. The third-order valence-electron chi connectivity index (χ3n) is 1.36. The molecule has 0 radical (unpaired) electrons. The maximum atomic E-state index is 11.9. The zero-order valence-corrected chi connectivity index (χ0v) is 6.05. The van der Waals surface area contributed by atoms with E-state index in [1.165, 1.54) is 6.07 Å². The summed E-state index contributed by atoms with van der Waals surface area (Å²) in [6, 6.07) is 1.77. The van der Waals surface area contributed by atoms with E-state index < -0.39 is 12.5 Å². The van der Waals surface area contributed by atoms with Crippen LogP contribution in [0.2, 0.25) is 0 Å². The minimum atomic E-state index is -2.57. The lowest BCUT2D eigenvalue weighted by molar-refractivity contribution is 0.106. The number of hydrogen-bond acceptors (Lipinski definition) is 2. The van der Waals surface area contributed by atoms with Crippen LogP contribution < -0.4 is 5.73 Å². The molecule has 11 heavy (non-hydrogen) atoms. The van der Waals surface area contributed by atoms with Crippen molar-refractivity contribution < 1.29 is 13.2 Å². The standard InChI is InChI=1S/C7H9F2NO/c1-4-2-3-5(11-4)6(10)7(8)9/h2-3,6-7H,10H2,1H3/t6-/m0/s1. The summed E-state index contributed by atoms with van der Waals surface area (Å²) >= 11 is 0. The van der Waals surface area contributed by atoms with Gasteiger partial charge in [-0.3, -0.25) is 0 Å². The highest BCUT2D eigenvalue weighted by atomic mass is 19.3. The summed E-state index contributed by atoms with van der Waals surface area (Å²) in [5.41, 5.74) is 5.11. The minimum absolute atomic E-state index is 0.137. The van der Waals surface area contributed by atoms with Gasteiger partial charge in [-0.15, -0.1) is 0 Å². The van der Waals surface area contributed by atoms with Gasteiger partial charge in [0.05, 0.1) is 0 Å². The normalized spacial score (nSPS) is 13.9. The predicted octanol–water partition coefficient (Wildman–Crippen LogP) is 1.85. The Bertz CT molecular complexity index is 234. The van der Waals surface area contributed by atoms with Crippen molar-refractivity contribution in [3.05, 3.63) is 23.7 Å². The molecule has 0 bridgehead atoms. The molecule has 1 aromatic heterocycles. The van der Waals surface area contributed by atoms with Gasteiger partial charge < -0.3 is 10.2 Å². The van der Waals surface area contributed by atoms with Gasteiger partial charge >= 0.3 is 0 Å². The Hall–Kier alpha value is -0.900. The van der Waals surface area contributed by atoms with Gasteiger partial charge in [0.15, 0.2) is 0 Å². The van der Waals surface area contributed by atoms with Gasteiger partial charge in [0.2, 0.25) is 0 Å². The quantitative estimate of drug-likeness (QED) is 0.718. The van der Waals surface area contributed by atoms with Crippen LogP contribution in [0.4, 0.5) is 8.78 Å². The lowest BCUT2D eigenvalue weighted by atomic mass is 10.2. The van der Waals surface area contributed by atoms with E-state index in [1.807, 2.05) is 0 Å². The van der Waals surface area contributed by atoms with Crippen LogP contribution in [0.25, 0.3) is 0 Å². The fourth-order valence-corrected chi connectivity index (χ4v) is 0.757. The number of hydrogen-bond donors (Lipinski definition) is 1. The van der Waals surface area contributed by atoms with E-state index in [0.29, 0.717) is 5.76 Å². The Balaban J connectivity index is 2.76. The molecule has 0 unspecified atom stereocenters. The van der Waals surface area contributed by atoms with E-state index in [0.717, 1.165) is 0 Å². The molecule has 2 nitrogen and oxygen atoms in total. The highest BCUT2D eigenvalue weighted by molar-refractivity contribution is 5.09. The van der Waals surface area contributed by atoms with Crippen LogP contribution in [0.15, 0.2) is 16.5 Å². The molecule has 0 aliphatic rings. The van der Waals surface area contributed by atoms with E-state index in [9.17, 15) is 8.78 Å². The Labute approximate surface area is 63.0 Å². The number of rotatable bonds is 2. The lowest BCUT2D eigenvalue weighted by Gasteiger charge is -2.05. The molecule has 1 aromatic rings. The van der Waals surface area contributed by atoms with Crippen LogP contribution in [0.5, 0.6) is 0 Å². The summed E-state index contributed by atoms with van der Waals surface area (Å²) in [6.07, 6.45) is -2.57. The van der Waals surface area contributed by atoms with E-state index >= 15 is 0 Å².